The van der Waals surface area contributed by atoms with Crippen LogP contribution in [0.4, 0.5) is 0 Å². The fraction of sp³-hybridized carbons (Fsp3) is 0.462. The van der Waals surface area contributed by atoms with Crippen LogP contribution in [0.5, 0.6) is 5.75 Å². The third kappa shape index (κ3) is 2.77. The highest BCUT2D eigenvalue weighted by Gasteiger charge is 2.30. The second-order valence-electron chi connectivity index (χ2n) is 5.08. The molecule has 0 aliphatic carbocycles. The normalized spacial score (nSPS) is 18.4. The van der Waals surface area contributed by atoms with E-state index >= 15 is 0 Å². The predicted molar refractivity (Wildman–Crippen MR) is 63.7 cm³/mol. The first-order chi connectivity index (χ1) is 7.97. The lowest BCUT2D eigenvalue weighted by Crippen LogP contribution is -2.36. The summed E-state index contributed by atoms with van der Waals surface area (Å²) in [5.74, 6) is 0.335. The number of ether oxygens (including phenoxy) is 1. The SMILES string of the molecule is CC(C)(C)ONC(=O)C1COc2ccccc21. The Morgan fingerprint density at radius 1 is 1.41 bits per heavy atom. The molecule has 0 aromatic heterocycles. The lowest BCUT2D eigenvalue weighted by molar-refractivity contribution is -0.147. The molecule has 17 heavy (non-hydrogen) atoms. The van der Waals surface area contributed by atoms with Crippen LogP contribution in [-0.4, -0.2) is 18.1 Å². The van der Waals surface area contributed by atoms with Gasteiger partial charge in [0, 0.05) is 5.56 Å². The molecule has 1 aliphatic heterocycles. The summed E-state index contributed by atoms with van der Waals surface area (Å²) in [6.45, 7) is 6.02. The molecule has 0 bridgehead atoms. The van der Waals surface area contributed by atoms with Crippen molar-refractivity contribution in [1.29, 1.82) is 0 Å². The van der Waals surface area contributed by atoms with E-state index in [1.54, 1.807) is 0 Å². The Morgan fingerprint density at radius 2 is 2.12 bits per heavy atom. The molecular weight excluding hydrogens is 218 g/mol. The number of nitrogens with one attached hydrogen (secondary N) is 1. The Hall–Kier alpha value is -1.55. The van der Waals surface area contributed by atoms with Crippen molar-refractivity contribution in [1.82, 2.24) is 5.48 Å². The van der Waals surface area contributed by atoms with Crippen molar-refractivity contribution in [2.45, 2.75) is 32.3 Å². The third-order valence-corrected chi connectivity index (χ3v) is 2.47. The summed E-state index contributed by atoms with van der Waals surface area (Å²) in [6.07, 6.45) is 0. The molecular formula is C13H17NO3. The van der Waals surface area contributed by atoms with E-state index in [1.165, 1.54) is 0 Å². The predicted octanol–water partition coefficient (Wildman–Crippen LogP) is 2.01. The standard InChI is InChI=1S/C13H17NO3/c1-13(2,3)17-14-12(15)10-8-16-11-7-5-4-6-9(10)11/h4-7,10H,8H2,1-3H3,(H,14,15). The molecule has 1 atom stereocenters. The zero-order chi connectivity index (χ0) is 12.5. The molecule has 1 aromatic carbocycles. The van der Waals surface area contributed by atoms with E-state index in [4.69, 9.17) is 9.57 Å². The molecule has 0 fully saturated rings. The van der Waals surface area contributed by atoms with Gasteiger partial charge in [-0.1, -0.05) is 18.2 Å². The Labute approximate surface area is 101 Å². The molecule has 1 unspecified atom stereocenters. The maximum Gasteiger partial charge on any atom is 0.254 e. The van der Waals surface area contributed by atoms with E-state index < -0.39 is 5.60 Å². The van der Waals surface area contributed by atoms with Crippen molar-refractivity contribution < 1.29 is 14.4 Å². The van der Waals surface area contributed by atoms with Crippen molar-refractivity contribution in [3.63, 3.8) is 0 Å². The summed E-state index contributed by atoms with van der Waals surface area (Å²) in [7, 11) is 0. The number of amides is 1. The van der Waals surface area contributed by atoms with Crippen LogP contribution in [0.2, 0.25) is 0 Å². The van der Waals surface area contributed by atoms with Crippen LogP contribution in [0, 0.1) is 0 Å². The minimum absolute atomic E-state index is 0.162. The number of hydrogen-bond donors (Lipinski definition) is 1. The Morgan fingerprint density at radius 3 is 2.82 bits per heavy atom. The van der Waals surface area contributed by atoms with Gasteiger partial charge in [-0.3, -0.25) is 9.63 Å². The number of carbonyl (C=O) groups is 1. The molecule has 1 aliphatic rings. The third-order valence-electron chi connectivity index (χ3n) is 2.47. The first kappa shape index (κ1) is 11.9. The molecule has 1 N–H and O–H groups in total. The summed E-state index contributed by atoms with van der Waals surface area (Å²) < 4.78 is 5.45. The van der Waals surface area contributed by atoms with Crippen LogP contribution < -0.4 is 10.2 Å². The summed E-state index contributed by atoms with van der Waals surface area (Å²) in [4.78, 5) is 17.2. The molecule has 1 heterocycles. The van der Waals surface area contributed by atoms with Gasteiger partial charge in [0.05, 0.1) is 5.60 Å². The largest absolute Gasteiger partial charge is 0.492 e. The fourth-order valence-corrected chi connectivity index (χ4v) is 1.65. The topological polar surface area (TPSA) is 47.6 Å². The molecule has 1 aromatic rings. The quantitative estimate of drug-likeness (QED) is 0.798. The van der Waals surface area contributed by atoms with E-state index in [2.05, 4.69) is 5.48 Å². The molecule has 92 valence electrons. The number of hydroxylamine groups is 1. The van der Waals surface area contributed by atoms with Crippen molar-refractivity contribution in [2.24, 2.45) is 0 Å². The highest BCUT2D eigenvalue weighted by Crippen LogP contribution is 2.33. The number of benzene rings is 1. The second kappa shape index (κ2) is 4.37. The van der Waals surface area contributed by atoms with Crippen LogP contribution in [0.25, 0.3) is 0 Å². The molecule has 4 nitrogen and oxygen atoms in total. The van der Waals surface area contributed by atoms with Crippen LogP contribution >= 0.6 is 0 Å². The lowest BCUT2D eigenvalue weighted by atomic mass is 10.0. The minimum Gasteiger partial charge on any atom is -0.492 e. The number of para-hydroxylation sites is 1. The highest BCUT2D eigenvalue weighted by molar-refractivity contribution is 5.84. The van der Waals surface area contributed by atoms with E-state index in [9.17, 15) is 4.79 Å². The first-order valence-corrected chi connectivity index (χ1v) is 5.67. The van der Waals surface area contributed by atoms with Gasteiger partial charge in [-0.25, -0.2) is 5.48 Å². The van der Waals surface area contributed by atoms with Gasteiger partial charge in [0.1, 0.15) is 18.3 Å². The van der Waals surface area contributed by atoms with Crippen LogP contribution in [0.15, 0.2) is 24.3 Å². The number of carbonyl (C=O) groups excluding carboxylic acids is 1. The van der Waals surface area contributed by atoms with Gasteiger partial charge < -0.3 is 4.74 Å². The number of fused-ring (bicyclic) bond motifs is 1. The fourth-order valence-electron chi connectivity index (χ4n) is 1.65. The molecule has 0 spiro atoms. The average molecular weight is 235 g/mol. The van der Waals surface area contributed by atoms with Gasteiger partial charge in [-0.05, 0) is 26.8 Å². The van der Waals surface area contributed by atoms with E-state index in [1.807, 2.05) is 45.0 Å². The molecule has 0 radical (unpaired) electrons. The van der Waals surface area contributed by atoms with Crippen LogP contribution in [0.3, 0.4) is 0 Å². The summed E-state index contributed by atoms with van der Waals surface area (Å²) in [5, 5.41) is 0. The lowest BCUT2D eigenvalue weighted by Gasteiger charge is -2.20. The average Bonchev–Trinajstić information content (AvgIpc) is 2.68. The van der Waals surface area contributed by atoms with Gasteiger partial charge in [0.25, 0.3) is 5.91 Å². The Balaban J connectivity index is 2.03. The van der Waals surface area contributed by atoms with Crippen molar-refractivity contribution in [2.75, 3.05) is 6.61 Å². The number of rotatable bonds is 2. The van der Waals surface area contributed by atoms with Gasteiger partial charge in [0.2, 0.25) is 0 Å². The summed E-state index contributed by atoms with van der Waals surface area (Å²) >= 11 is 0. The molecule has 1 amide bonds. The molecule has 0 saturated carbocycles. The van der Waals surface area contributed by atoms with Crippen molar-refractivity contribution in [3.05, 3.63) is 29.8 Å². The van der Waals surface area contributed by atoms with Gasteiger partial charge >= 0.3 is 0 Å². The molecule has 2 rings (SSSR count). The zero-order valence-electron chi connectivity index (χ0n) is 10.3. The monoisotopic (exact) mass is 235 g/mol. The van der Waals surface area contributed by atoms with Gasteiger partial charge in [-0.2, -0.15) is 0 Å². The first-order valence-electron chi connectivity index (χ1n) is 5.67. The maximum absolute atomic E-state index is 11.9. The second-order valence-corrected chi connectivity index (χ2v) is 5.08. The Kier molecular flexibility index (Phi) is 3.07. The molecule has 4 heteroatoms. The van der Waals surface area contributed by atoms with Crippen molar-refractivity contribution >= 4 is 5.91 Å². The summed E-state index contributed by atoms with van der Waals surface area (Å²) in [5.41, 5.74) is 3.01. The van der Waals surface area contributed by atoms with E-state index in [0.717, 1.165) is 11.3 Å². The number of hydrogen-bond acceptors (Lipinski definition) is 3. The molecule has 0 saturated heterocycles. The van der Waals surface area contributed by atoms with Gasteiger partial charge in [-0.15, -0.1) is 0 Å². The Bertz CT molecular complexity index is 423. The van der Waals surface area contributed by atoms with Crippen LogP contribution in [-0.2, 0) is 9.63 Å². The van der Waals surface area contributed by atoms with Gasteiger partial charge in [0.15, 0.2) is 0 Å². The summed E-state index contributed by atoms with van der Waals surface area (Å²) in [6, 6.07) is 7.57. The minimum atomic E-state index is -0.394. The zero-order valence-corrected chi connectivity index (χ0v) is 10.3. The highest BCUT2D eigenvalue weighted by atomic mass is 16.7. The van der Waals surface area contributed by atoms with E-state index in [-0.39, 0.29) is 11.8 Å². The van der Waals surface area contributed by atoms with Crippen molar-refractivity contribution in [3.8, 4) is 5.75 Å². The smallest absolute Gasteiger partial charge is 0.254 e. The van der Waals surface area contributed by atoms with Crippen LogP contribution in [0.1, 0.15) is 32.3 Å². The van der Waals surface area contributed by atoms with E-state index in [0.29, 0.717) is 6.61 Å². The maximum atomic E-state index is 11.9.